The van der Waals surface area contributed by atoms with E-state index in [1.165, 1.54) is 0 Å². The van der Waals surface area contributed by atoms with Crippen LogP contribution in [0, 0.1) is 6.92 Å². The summed E-state index contributed by atoms with van der Waals surface area (Å²) in [6, 6.07) is 13.3. The van der Waals surface area contributed by atoms with E-state index in [1.807, 2.05) is 6.92 Å². The summed E-state index contributed by atoms with van der Waals surface area (Å²) in [6.45, 7) is 5.57. The molecule has 26 heavy (non-hydrogen) atoms. The van der Waals surface area contributed by atoms with Crippen molar-refractivity contribution in [2.24, 2.45) is 5.10 Å². The fourth-order valence-electron chi connectivity index (χ4n) is 2.07. The lowest BCUT2D eigenvalue weighted by atomic mass is 10.1. The summed E-state index contributed by atoms with van der Waals surface area (Å²) >= 11 is 0. The molecule has 0 aliphatic carbocycles. The predicted octanol–water partition coefficient (Wildman–Crippen LogP) is 3.27. The van der Waals surface area contributed by atoms with Gasteiger partial charge in [0.1, 0.15) is 0 Å². The van der Waals surface area contributed by atoms with Gasteiger partial charge in [0.15, 0.2) is 0 Å². The molecule has 0 atom stereocenters. The lowest BCUT2D eigenvalue weighted by molar-refractivity contribution is 0.152. The van der Waals surface area contributed by atoms with Gasteiger partial charge in [-0.25, -0.2) is 18.6 Å². The van der Waals surface area contributed by atoms with E-state index >= 15 is 0 Å². The van der Waals surface area contributed by atoms with Gasteiger partial charge in [-0.2, -0.15) is 5.10 Å². The second kappa shape index (κ2) is 8.48. The van der Waals surface area contributed by atoms with E-state index in [-0.39, 0.29) is 11.5 Å². The van der Waals surface area contributed by atoms with Gasteiger partial charge in [-0.05, 0) is 50.6 Å². The highest BCUT2D eigenvalue weighted by molar-refractivity contribution is 7.92. The number of nitrogens with one attached hydrogen (secondary N) is 2. The topological polar surface area (TPSA) is 96.9 Å². The van der Waals surface area contributed by atoms with Crippen molar-refractivity contribution >= 4 is 27.5 Å². The minimum Gasteiger partial charge on any atom is -0.449 e. The number of aryl methyl sites for hydroxylation is 1. The Morgan fingerprint density at radius 2 is 1.69 bits per heavy atom. The number of amides is 1. The summed E-state index contributed by atoms with van der Waals surface area (Å²) in [5.74, 6) is 0. The van der Waals surface area contributed by atoms with Crippen molar-refractivity contribution in [1.29, 1.82) is 0 Å². The van der Waals surface area contributed by atoms with Crippen molar-refractivity contribution < 1.29 is 17.9 Å². The maximum absolute atomic E-state index is 12.4. The summed E-state index contributed by atoms with van der Waals surface area (Å²) in [6.07, 6.45) is -0.630. The number of rotatable bonds is 6. The quantitative estimate of drug-likeness (QED) is 0.598. The molecule has 0 aliphatic heterocycles. The van der Waals surface area contributed by atoms with Crippen LogP contribution >= 0.6 is 0 Å². The Kier molecular flexibility index (Phi) is 6.35. The Morgan fingerprint density at radius 3 is 2.27 bits per heavy atom. The van der Waals surface area contributed by atoms with Crippen LogP contribution in [0.25, 0.3) is 0 Å². The van der Waals surface area contributed by atoms with E-state index in [2.05, 4.69) is 15.2 Å². The van der Waals surface area contributed by atoms with Crippen LogP contribution in [0.1, 0.15) is 25.0 Å². The number of anilines is 1. The molecule has 2 N–H and O–H groups in total. The summed E-state index contributed by atoms with van der Waals surface area (Å²) in [7, 11) is -3.64. The molecule has 2 aromatic rings. The molecule has 2 aromatic carbocycles. The van der Waals surface area contributed by atoms with Gasteiger partial charge in [-0.15, -0.1) is 0 Å². The standard InChI is InChI=1S/C18H21N3O4S/c1-4-25-18(22)20-19-14(3)15-7-9-16(10-8-15)21-26(23,24)17-11-5-13(2)6-12-17/h5-12,21H,4H2,1-3H3,(H,20,22). The highest BCUT2D eigenvalue weighted by atomic mass is 32.2. The molecule has 0 aromatic heterocycles. The molecule has 1 amide bonds. The van der Waals surface area contributed by atoms with E-state index < -0.39 is 16.1 Å². The first-order valence-corrected chi connectivity index (χ1v) is 9.47. The van der Waals surface area contributed by atoms with Crippen LogP contribution in [-0.4, -0.2) is 26.8 Å². The molecule has 0 spiro atoms. The Balaban J connectivity index is 2.08. The minimum absolute atomic E-state index is 0.198. The number of hydrogen-bond donors (Lipinski definition) is 2. The van der Waals surface area contributed by atoms with Crippen LogP contribution in [0.15, 0.2) is 58.5 Å². The number of hydrogen-bond acceptors (Lipinski definition) is 5. The third kappa shape index (κ3) is 5.32. The number of nitrogens with zero attached hydrogens (tertiary/aromatic N) is 1. The van der Waals surface area contributed by atoms with Crippen molar-refractivity contribution in [3.63, 3.8) is 0 Å². The van der Waals surface area contributed by atoms with Crippen LogP contribution in [0.2, 0.25) is 0 Å². The Labute approximate surface area is 153 Å². The Bertz CT molecular complexity index is 889. The first kappa shape index (κ1) is 19.5. The number of carbonyl (C=O) groups excluding carboxylic acids is 1. The van der Waals surface area contributed by atoms with Crippen molar-refractivity contribution in [1.82, 2.24) is 5.43 Å². The van der Waals surface area contributed by atoms with E-state index in [0.717, 1.165) is 11.1 Å². The monoisotopic (exact) mass is 375 g/mol. The van der Waals surface area contributed by atoms with Crippen molar-refractivity contribution in [3.05, 3.63) is 59.7 Å². The largest absolute Gasteiger partial charge is 0.449 e. The second-order valence-electron chi connectivity index (χ2n) is 5.53. The van der Waals surface area contributed by atoms with Gasteiger partial charge in [-0.3, -0.25) is 4.72 Å². The first-order chi connectivity index (χ1) is 12.3. The predicted molar refractivity (Wildman–Crippen MR) is 101 cm³/mol. The molecule has 138 valence electrons. The summed E-state index contributed by atoms with van der Waals surface area (Å²) in [4.78, 5) is 11.4. The van der Waals surface area contributed by atoms with Crippen molar-refractivity contribution in [2.45, 2.75) is 25.7 Å². The zero-order valence-corrected chi connectivity index (χ0v) is 15.6. The zero-order valence-electron chi connectivity index (χ0n) is 14.8. The fourth-order valence-corrected chi connectivity index (χ4v) is 3.13. The molecular weight excluding hydrogens is 354 g/mol. The van der Waals surface area contributed by atoms with Gasteiger partial charge in [0.25, 0.3) is 10.0 Å². The van der Waals surface area contributed by atoms with Gasteiger partial charge >= 0.3 is 6.09 Å². The van der Waals surface area contributed by atoms with Gasteiger partial charge in [-0.1, -0.05) is 29.8 Å². The van der Waals surface area contributed by atoms with E-state index in [4.69, 9.17) is 4.74 Å². The summed E-state index contributed by atoms with van der Waals surface area (Å²) < 4.78 is 32.0. The molecule has 0 saturated carbocycles. The van der Waals surface area contributed by atoms with Gasteiger partial charge in [0.05, 0.1) is 17.2 Å². The van der Waals surface area contributed by atoms with Crippen LogP contribution in [0.4, 0.5) is 10.5 Å². The van der Waals surface area contributed by atoms with Crippen LogP contribution in [0.3, 0.4) is 0 Å². The first-order valence-electron chi connectivity index (χ1n) is 7.99. The SMILES string of the molecule is CCOC(=O)NN=C(C)c1ccc(NS(=O)(=O)c2ccc(C)cc2)cc1. The molecule has 0 heterocycles. The highest BCUT2D eigenvalue weighted by Crippen LogP contribution is 2.17. The van der Waals surface area contributed by atoms with E-state index in [0.29, 0.717) is 11.4 Å². The molecule has 2 rings (SSSR count). The highest BCUT2D eigenvalue weighted by Gasteiger charge is 2.13. The summed E-state index contributed by atoms with van der Waals surface area (Å²) in [5, 5.41) is 3.93. The van der Waals surface area contributed by atoms with E-state index in [1.54, 1.807) is 62.4 Å². The minimum atomic E-state index is -3.64. The van der Waals surface area contributed by atoms with Crippen LogP contribution in [-0.2, 0) is 14.8 Å². The Hall–Kier alpha value is -2.87. The number of benzene rings is 2. The summed E-state index contributed by atoms with van der Waals surface area (Å²) in [5.41, 5.74) is 4.99. The van der Waals surface area contributed by atoms with Crippen LogP contribution in [0.5, 0.6) is 0 Å². The maximum Gasteiger partial charge on any atom is 0.427 e. The molecule has 0 unspecified atom stereocenters. The second-order valence-corrected chi connectivity index (χ2v) is 7.21. The molecule has 8 heteroatoms. The zero-order chi connectivity index (χ0) is 19.2. The third-order valence-corrected chi connectivity index (χ3v) is 4.87. The molecular formula is C18H21N3O4S. The molecule has 7 nitrogen and oxygen atoms in total. The number of ether oxygens (including phenoxy) is 1. The average molecular weight is 375 g/mol. The maximum atomic E-state index is 12.4. The van der Waals surface area contributed by atoms with Crippen molar-refractivity contribution in [3.8, 4) is 0 Å². The lowest BCUT2D eigenvalue weighted by Crippen LogP contribution is -2.20. The van der Waals surface area contributed by atoms with Crippen molar-refractivity contribution in [2.75, 3.05) is 11.3 Å². The number of sulfonamides is 1. The Morgan fingerprint density at radius 1 is 1.08 bits per heavy atom. The fraction of sp³-hybridized carbons (Fsp3) is 0.222. The third-order valence-electron chi connectivity index (χ3n) is 3.48. The number of hydrazone groups is 1. The van der Waals surface area contributed by atoms with Gasteiger partial charge < -0.3 is 4.74 Å². The molecule has 0 radical (unpaired) electrons. The molecule has 0 aliphatic rings. The molecule has 0 saturated heterocycles. The molecule has 0 fully saturated rings. The molecule has 0 bridgehead atoms. The lowest BCUT2D eigenvalue weighted by Gasteiger charge is -2.09. The van der Waals surface area contributed by atoms with Crippen LogP contribution < -0.4 is 10.1 Å². The van der Waals surface area contributed by atoms with E-state index in [9.17, 15) is 13.2 Å². The number of carbonyl (C=O) groups is 1. The van der Waals surface area contributed by atoms with Gasteiger partial charge in [0, 0.05) is 5.69 Å². The van der Waals surface area contributed by atoms with Gasteiger partial charge in [0.2, 0.25) is 0 Å². The average Bonchev–Trinajstić information content (AvgIpc) is 2.60. The normalized spacial score (nSPS) is 11.7. The smallest absolute Gasteiger partial charge is 0.427 e.